The zero-order valence-electron chi connectivity index (χ0n) is 11.7. The Hall–Kier alpha value is -0.570. The SMILES string of the molecule is CC1CCC2(CC1)NC(=O)C1(CCC(C)CC1)N2. The Morgan fingerprint density at radius 3 is 2.00 bits per heavy atom. The first-order valence-corrected chi connectivity index (χ1v) is 7.66. The van der Waals surface area contributed by atoms with Gasteiger partial charge in [-0.3, -0.25) is 10.1 Å². The molecule has 0 aromatic carbocycles. The van der Waals surface area contributed by atoms with Crippen LogP contribution in [0.25, 0.3) is 0 Å². The molecule has 1 saturated heterocycles. The first-order chi connectivity index (χ1) is 8.54. The van der Waals surface area contributed by atoms with Gasteiger partial charge in [0.15, 0.2) is 0 Å². The maximum absolute atomic E-state index is 12.4. The third-order valence-corrected chi connectivity index (χ3v) is 5.52. The van der Waals surface area contributed by atoms with Crippen molar-refractivity contribution < 1.29 is 4.79 Å². The van der Waals surface area contributed by atoms with Gasteiger partial charge >= 0.3 is 0 Å². The topological polar surface area (TPSA) is 41.1 Å². The molecule has 0 aromatic rings. The van der Waals surface area contributed by atoms with Gasteiger partial charge in [0.05, 0.1) is 11.2 Å². The van der Waals surface area contributed by atoms with Crippen LogP contribution in [0.4, 0.5) is 0 Å². The van der Waals surface area contributed by atoms with Crippen molar-refractivity contribution in [1.29, 1.82) is 0 Å². The van der Waals surface area contributed by atoms with E-state index in [1.165, 1.54) is 25.7 Å². The quantitative estimate of drug-likeness (QED) is 0.694. The molecule has 3 aliphatic rings. The van der Waals surface area contributed by atoms with E-state index in [2.05, 4.69) is 24.5 Å². The smallest absolute Gasteiger partial charge is 0.241 e. The third kappa shape index (κ3) is 1.97. The van der Waals surface area contributed by atoms with Crippen molar-refractivity contribution in [3.8, 4) is 0 Å². The maximum atomic E-state index is 12.4. The maximum Gasteiger partial charge on any atom is 0.241 e. The van der Waals surface area contributed by atoms with E-state index in [1.54, 1.807) is 0 Å². The van der Waals surface area contributed by atoms with E-state index in [9.17, 15) is 4.79 Å². The van der Waals surface area contributed by atoms with Gasteiger partial charge < -0.3 is 5.32 Å². The van der Waals surface area contributed by atoms with E-state index in [-0.39, 0.29) is 17.1 Å². The first-order valence-electron chi connectivity index (χ1n) is 7.66. The van der Waals surface area contributed by atoms with E-state index in [0.29, 0.717) is 0 Å². The molecule has 3 heteroatoms. The van der Waals surface area contributed by atoms with E-state index in [0.717, 1.165) is 37.5 Å². The van der Waals surface area contributed by atoms with Gasteiger partial charge in [-0.05, 0) is 63.2 Å². The standard InChI is InChI=1S/C15H26N2O/c1-11-3-7-14(8-4-11)13(18)16-15(17-14)9-5-12(2)6-10-15/h11-12,17H,3-10H2,1-2H3,(H,16,18). The van der Waals surface area contributed by atoms with Crippen molar-refractivity contribution in [2.24, 2.45) is 11.8 Å². The van der Waals surface area contributed by atoms with Gasteiger partial charge in [-0.15, -0.1) is 0 Å². The van der Waals surface area contributed by atoms with Crippen molar-refractivity contribution in [1.82, 2.24) is 10.6 Å². The van der Waals surface area contributed by atoms with E-state index in [1.807, 2.05) is 0 Å². The summed E-state index contributed by atoms with van der Waals surface area (Å²) in [4.78, 5) is 12.4. The minimum absolute atomic E-state index is 0.0653. The van der Waals surface area contributed by atoms with E-state index >= 15 is 0 Å². The molecule has 1 aliphatic heterocycles. The molecule has 1 amide bonds. The van der Waals surface area contributed by atoms with Crippen LogP contribution in [-0.4, -0.2) is 17.1 Å². The van der Waals surface area contributed by atoms with Crippen LogP contribution in [0.1, 0.15) is 65.2 Å². The molecule has 3 fully saturated rings. The fourth-order valence-corrected chi connectivity index (χ4v) is 3.99. The lowest BCUT2D eigenvalue weighted by Gasteiger charge is -2.40. The molecule has 3 nitrogen and oxygen atoms in total. The van der Waals surface area contributed by atoms with Crippen LogP contribution in [-0.2, 0) is 4.79 Å². The van der Waals surface area contributed by atoms with Gasteiger partial charge in [0.1, 0.15) is 0 Å². The van der Waals surface area contributed by atoms with Crippen molar-refractivity contribution in [3.05, 3.63) is 0 Å². The summed E-state index contributed by atoms with van der Waals surface area (Å²) in [6.45, 7) is 4.62. The van der Waals surface area contributed by atoms with Gasteiger partial charge in [0.25, 0.3) is 0 Å². The molecule has 2 N–H and O–H groups in total. The largest absolute Gasteiger partial charge is 0.336 e. The second-order valence-electron chi connectivity index (χ2n) is 7.11. The number of carbonyl (C=O) groups is 1. The summed E-state index contributed by atoms with van der Waals surface area (Å²) < 4.78 is 0. The number of rotatable bonds is 0. The van der Waals surface area contributed by atoms with Crippen LogP contribution in [0.15, 0.2) is 0 Å². The van der Waals surface area contributed by atoms with Gasteiger partial charge in [0.2, 0.25) is 5.91 Å². The van der Waals surface area contributed by atoms with E-state index < -0.39 is 0 Å². The zero-order chi connectivity index (χ0) is 12.8. The highest BCUT2D eigenvalue weighted by atomic mass is 16.2. The normalized spacial score (nSPS) is 48.7. The average Bonchev–Trinajstić information content (AvgIpc) is 2.61. The lowest BCUT2D eigenvalue weighted by molar-refractivity contribution is -0.125. The minimum atomic E-state index is -0.229. The monoisotopic (exact) mass is 250 g/mol. The van der Waals surface area contributed by atoms with Gasteiger partial charge in [-0.1, -0.05) is 13.8 Å². The Kier molecular flexibility index (Phi) is 2.92. The van der Waals surface area contributed by atoms with E-state index in [4.69, 9.17) is 0 Å². The lowest BCUT2D eigenvalue weighted by Crippen LogP contribution is -2.56. The van der Waals surface area contributed by atoms with Crippen LogP contribution >= 0.6 is 0 Å². The van der Waals surface area contributed by atoms with Crippen LogP contribution in [0.3, 0.4) is 0 Å². The summed E-state index contributed by atoms with van der Waals surface area (Å²) in [5.74, 6) is 1.88. The second kappa shape index (κ2) is 4.22. The number of amides is 1. The predicted octanol–water partition coefficient (Wildman–Crippen LogP) is 2.56. The number of hydrogen-bond acceptors (Lipinski definition) is 2. The summed E-state index contributed by atoms with van der Waals surface area (Å²) in [7, 11) is 0. The molecule has 0 unspecified atom stereocenters. The van der Waals surface area contributed by atoms with Crippen molar-refractivity contribution in [2.75, 3.05) is 0 Å². The Bertz CT molecular complexity index is 336. The molecular formula is C15H26N2O. The first kappa shape index (κ1) is 12.5. The summed E-state index contributed by atoms with van der Waals surface area (Å²) in [5.41, 5.74) is -0.294. The number of nitrogens with one attached hydrogen (secondary N) is 2. The lowest BCUT2D eigenvalue weighted by atomic mass is 9.76. The minimum Gasteiger partial charge on any atom is -0.336 e. The molecule has 102 valence electrons. The average molecular weight is 250 g/mol. The van der Waals surface area contributed by atoms with Gasteiger partial charge in [-0.2, -0.15) is 0 Å². The van der Waals surface area contributed by atoms with Crippen LogP contribution in [0, 0.1) is 11.8 Å². The summed E-state index contributed by atoms with van der Waals surface area (Å²) in [6, 6.07) is 0. The van der Waals surface area contributed by atoms with Crippen molar-refractivity contribution in [3.63, 3.8) is 0 Å². The summed E-state index contributed by atoms with van der Waals surface area (Å²) in [6.07, 6.45) is 9.11. The number of hydrogen-bond donors (Lipinski definition) is 2. The molecule has 18 heavy (non-hydrogen) atoms. The van der Waals surface area contributed by atoms with Crippen molar-refractivity contribution >= 4 is 5.91 Å². The van der Waals surface area contributed by atoms with Gasteiger partial charge in [-0.25, -0.2) is 0 Å². The summed E-state index contributed by atoms with van der Waals surface area (Å²) >= 11 is 0. The van der Waals surface area contributed by atoms with Crippen LogP contribution in [0.2, 0.25) is 0 Å². The fourth-order valence-electron chi connectivity index (χ4n) is 3.99. The highest BCUT2D eigenvalue weighted by molar-refractivity contribution is 5.89. The Balaban J connectivity index is 1.74. The molecule has 1 heterocycles. The highest BCUT2D eigenvalue weighted by Crippen LogP contribution is 2.41. The fraction of sp³-hybridized carbons (Fsp3) is 0.933. The Morgan fingerprint density at radius 1 is 0.944 bits per heavy atom. The Morgan fingerprint density at radius 2 is 1.44 bits per heavy atom. The molecule has 3 rings (SSSR count). The number of carbonyl (C=O) groups excluding carboxylic acids is 1. The molecule has 2 spiro atoms. The predicted molar refractivity (Wildman–Crippen MR) is 72.0 cm³/mol. The van der Waals surface area contributed by atoms with Crippen molar-refractivity contribution in [2.45, 2.75) is 76.4 Å². The highest BCUT2D eigenvalue weighted by Gasteiger charge is 2.54. The Labute approximate surface area is 110 Å². The molecule has 2 aliphatic carbocycles. The molecule has 0 bridgehead atoms. The molecule has 2 saturated carbocycles. The summed E-state index contributed by atoms with van der Waals surface area (Å²) in [5, 5.41) is 7.07. The van der Waals surface area contributed by atoms with Crippen LogP contribution in [0.5, 0.6) is 0 Å². The third-order valence-electron chi connectivity index (χ3n) is 5.52. The molecule has 0 aromatic heterocycles. The van der Waals surface area contributed by atoms with Crippen LogP contribution < -0.4 is 10.6 Å². The van der Waals surface area contributed by atoms with Gasteiger partial charge in [0, 0.05) is 0 Å². The molecular weight excluding hydrogens is 224 g/mol. The molecule has 0 radical (unpaired) electrons. The molecule has 0 atom stereocenters. The second-order valence-corrected chi connectivity index (χ2v) is 7.11. The zero-order valence-corrected chi connectivity index (χ0v) is 11.7.